The van der Waals surface area contributed by atoms with Crippen molar-refractivity contribution in [2.45, 2.75) is 37.5 Å². The van der Waals surface area contributed by atoms with E-state index in [1.54, 1.807) is 0 Å². The molecule has 1 aromatic heterocycles. The van der Waals surface area contributed by atoms with E-state index in [9.17, 15) is 0 Å². The molecule has 1 aliphatic carbocycles. The maximum atomic E-state index is 2.51. The summed E-state index contributed by atoms with van der Waals surface area (Å²) in [6, 6.07) is 41.0. The molecule has 1 saturated carbocycles. The van der Waals surface area contributed by atoms with Gasteiger partial charge in [-0.2, -0.15) is 0 Å². The van der Waals surface area contributed by atoms with Crippen molar-refractivity contribution in [3.63, 3.8) is 0 Å². The van der Waals surface area contributed by atoms with Gasteiger partial charge in [-0.25, -0.2) is 0 Å². The first-order valence-corrected chi connectivity index (χ1v) is 13.8. The van der Waals surface area contributed by atoms with Crippen LogP contribution in [0.1, 0.15) is 54.4 Å². The molecule has 38 heavy (non-hydrogen) atoms. The minimum Gasteiger partial charge on any atom is -0.310 e. The van der Waals surface area contributed by atoms with Gasteiger partial charge in [-0.15, -0.1) is 0 Å². The van der Waals surface area contributed by atoms with Crippen molar-refractivity contribution in [1.29, 1.82) is 0 Å². The highest BCUT2D eigenvalue weighted by atomic mass is 15.2. The van der Waals surface area contributed by atoms with E-state index in [0.29, 0.717) is 11.8 Å². The second-order valence-electron chi connectivity index (χ2n) is 11.8. The van der Waals surface area contributed by atoms with Crippen molar-refractivity contribution in [3.8, 4) is 5.69 Å². The Labute approximate surface area is 222 Å². The molecule has 0 radical (unpaired) electrons. The molecule has 9 rings (SSSR count). The van der Waals surface area contributed by atoms with Crippen LogP contribution in [0, 0.1) is 0 Å². The number of benzene rings is 5. The van der Waals surface area contributed by atoms with Gasteiger partial charge in [0.05, 0.1) is 16.7 Å². The van der Waals surface area contributed by atoms with Crippen LogP contribution in [0.25, 0.3) is 27.5 Å². The fraction of sp³-hybridized carbons (Fsp3) is 0.167. The summed E-state index contributed by atoms with van der Waals surface area (Å²) in [5.41, 5.74) is 13.5. The molecule has 2 nitrogen and oxygen atoms in total. The number of aromatic nitrogens is 1. The molecule has 182 valence electrons. The molecule has 0 N–H and O–H groups in total. The average molecular weight is 489 g/mol. The van der Waals surface area contributed by atoms with E-state index in [0.717, 1.165) is 0 Å². The molecule has 2 atom stereocenters. The number of hydrogen-bond acceptors (Lipinski definition) is 1. The molecule has 1 fully saturated rings. The van der Waals surface area contributed by atoms with Crippen LogP contribution in [-0.4, -0.2) is 4.57 Å². The summed E-state index contributed by atoms with van der Waals surface area (Å²) in [5.74, 6) is 1.25. The van der Waals surface area contributed by atoms with E-state index < -0.39 is 0 Å². The predicted molar refractivity (Wildman–Crippen MR) is 158 cm³/mol. The zero-order valence-electron chi connectivity index (χ0n) is 21.6. The number of rotatable bonds is 1. The van der Waals surface area contributed by atoms with Crippen LogP contribution in [0.3, 0.4) is 0 Å². The van der Waals surface area contributed by atoms with E-state index >= 15 is 0 Å². The molecule has 0 spiro atoms. The fourth-order valence-corrected chi connectivity index (χ4v) is 7.59. The van der Waals surface area contributed by atoms with Gasteiger partial charge in [0.25, 0.3) is 0 Å². The standard InChI is InChI=1S/C36H28N2/c1-36(2)29-13-5-8-17-34(29)38-33-19-18-22(20-28(33)25-12-9-14-30(36)35(25)38)37-31-15-6-3-10-23(31)26-21-27(26)24-11-4-7-16-32(24)37/h3-20,26-27H,21H2,1-2H3. The first kappa shape index (κ1) is 20.7. The maximum Gasteiger partial charge on any atom is 0.0582 e. The van der Waals surface area contributed by atoms with E-state index in [4.69, 9.17) is 0 Å². The van der Waals surface area contributed by atoms with Gasteiger partial charge >= 0.3 is 0 Å². The Morgan fingerprint density at radius 2 is 1.24 bits per heavy atom. The third kappa shape index (κ3) is 2.48. The van der Waals surface area contributed by atoms with Gasteiger partial charge in [-0.05, 0) is 76.9 Å². The Kier molecular flexibility index (Phi) is 3.80. The molecule has 2 heteroatoms. The van der Waals surface area contributed by atoms with Crippen molar-refractivity contribution in [1.82, 2.24) is 4.57 Å². The topological polar surface area (TPSA) is 8.17 Å². The largest absolute Gasteiger partial charge is 0.310 e. The molecule has 2 aliphatic heterocycles. The quantitative estimate of drug-likeness (QED) is 0.224. The lowest BCUT2D eigenvalue weighted by Gasteiger charge is -2.34. The average Bonchev–Trinajstić information content (AvgIpc) is 3.69. The van der Waals surface area contributed by atoms with Crippen molar-refractivity contribution >= 4 is 38.9 Å². The number of nitrogens with zero attached hydrogens (tertiary/aromatic N) is 2. The Morgan fingerprint density at radius 3 is 1.97 bits per heavy atom. The molecule has 0 bridgehead atoms. The normalized spacial score (nSPS) is 19.9. The first-order valence-electron chi connectivity index (χ1n) is 13.8. The van der Waals surface area contributed by atoms with E-state index in [1.165, 1.54) is 73.2 Å². The smallest absolute Gasteiger partial charge is 0.0582 e. The van der Waals surface area contributed by atoms with Crippen LogP contribution < -0.4 is 4.90 Å². The number of para-hydroxylation sites is 4. The van der Waals surface area contributed by atoms with Crippen LogP contribution in [0.5, 0.6) is 0 Å². The monoisotopic (exact) mass is 488 g/mol. The van der Waals surface area contributed by atoms with Gasteiger partial charge in [0, 0.05) is 33.2 Å². The van der Waals surface area contributed by atoms with E-state index in [-0.39, 0.29) is 5.41 Å². The summed E-state index contributed by atoms with van der Waals surface area (Å²) in [6.45, 7) is 4.73. The van der Waals surface area contributed by atoms with E-state index in [2.05, 4.69) is 133 Å². The van der Waals surface area contributed by atoms with Crippen LogP contribution in [-0.2, 0) is 5.41 Å². The van der Waals surface area contributed by atoms with Crippen LogP contribution >= 0.6 is 0 Å². The highest BCUT2D eigenvalue weighted by molar-refractivity contribution is 6.13. The predicted octanol–water partition coefficient (Wildman–Crippen LogP) is 9.48. The fourth-order valence-electron chi connectivity index (χ4n) is 7.59. The molecule has 6 aromatic rings. The SMILES string of the molecule is CC1(C)c2ccccc2-n2c3ccc(N4c5ccccc5C5CC5c5ccccc54)cc3c3cccc1c32. The molecule has 2 unspecified atom stereocenters. The minimum absolute atomic E-state index is 0.0486. The van der Waals surface area contributed by atoms with Crippen LogP contribution in [0.4, 0.5) is 17.1 Å². The van der Waals surface area contributed by atoms with Crippen LogP contribution in [0.15, 0.2) is 109 Å². The van der Waals surface area contributed by atoms with Gasteiger partial charge in [0.1, 0.15) is 0 Å². The molecule has 3 heterocycles. The number of fused-ring (bicyclic) bond motifs is 10. The molecule has 0 amide bonds. The molecule has 0 saturated heterocycles. The summed E-state index contributed by atoms with van der Waals surface area (Å²) in [4.78, 5) is 2.51. The van der Waals surface area contributed by atoms with Gasteiger partial charge in [-0.1, -0.05) is 86.6 Å². The summed E-state index contributed by atoms with van der Waals surface area (Å²) in [7, 11) is 0. The van der Waals surface area contributed by atoms with Gasteiger partial charge in [-0.3, -0.25) is 0 Å². The maximum absolute atomic E-state index is 2.51. The summed E-state index contributed by atoms with van der Waals surface area (Å²) >= 11 is 0. The third-order valence-corrected chi connectivity index (χ3v) is 9.47. The second kappa shape index (κ2) is 6.96. The zero-order valence-corrected chi connectivity index (χ0v) is 21.6. The second-order valence-corrected chi connectivity index (χ2v) is 11.8. The van der Waals surface area contributed by atoms with Gasteiger partial charge in [0.15, 0.2) is 0 Å². The summed E-state index contributed by atoms with van der Waals surface area (Å²) < 4.78 is 2.50. The summed E-state index contributed by atoms with van der Waals surface area (Å²) in [5, 5.41) is 2.65. The Morgan fingerprint density at radius 1 is 0.605 bits per heavy atom. The lowest BCUT2D eigenvalue weighted by atomic mass is 9.75. The summed E-state index contributed by atoms with van der Waals surface area (Å²) in [6.07, 6.45) is 1.26. The molecular formula is C36H28N2. The van der Waals surface area contributed by atoms with Gasteiger partial charge in [0.2, 0.25) is 0 Å². The Bertz CT molecular complexity index is 1900. The zero-order chi connectivity index (χ0) is 25.2. The van der Waals surface area contributed by atoms with Crippen molar-refractivity contribution in [2.24, 2.45) is 0 Å². The Balaban J connectivity index is 1.36. The molecule has 5 aromatic carbocycles. The number of anilines is 3. The van der Waals surface area contributed by atoms with Crippen molar-refractivity contribution in [3.05, 3.63) is 131 Å². The van der Waals surface area contributed by atoms with Crippen LogP contribution in [0.2, 0.25) is 0 Å². The van der Waals surface area contributed by atoms with Crippen molar-refractivity contribution < 1.29 is 0 Å². The van der Waals surface area contributed by atoms with Gasteiger partial charge < -0.3 is 9.47 Å². The third-order valence-electron chi connectivity index (χ3n) is 9.47. The minimum atomic E-state index is -0.0486. The molecular weight excluding hydrogens is 460 g/mol. The first-order chi connectivity index (χ1) is 18.6. The highest BCUT2D eigenvalue weighted by Gasteiger charge is 2.45. The lowest BCUT2D eigenvalue weighted by Crippen LogP contribution is -2.26. The lowest BCUT2D eigenvalue weighted by molar-refractivity contribution is 0.630. The molecule has 3 aliphatic rings. The van der Waals surface area contributed by atoms with E-state index in [1.807, 2.05) is 0 Å². The number of hydrogen-bond donors (Lipinski definition) is 0. The Hall–Kier alpha value is -4.30. The van der Waals surface area contributed by atoms with Crippen molar-refractivity contribution in [2.75, 3.05) is 4.90 Å². The highest BCUT2D eigenvalue weighted by Crippen LogP contribution is 2.62.